The number of benzene rings is 2. The van der Waals surface area contributed by atoms with E-state index < -0.39 is 0 Å². The second-order valence-corrected chi connectivity index (χ2v) is 6.41. The van der Waals surface area contributed by atoms with Gasteiger partial charge in [-0.25, -0.2) is 0 Å². The van der Waals surface area contributed by atoms with E-state index in [0.29, 0.717) is 11.5 Å². The fraction of sp³-hybridized carbons (Fsp3) is 0.273. The molecule has 26 heavy (non-hydrogen) atoms. The van der Waals surface area contributed by atoms with Crippen molar-refractivity contribution in [3.8, 4) is 23.0 Å². The van der Waals surface area contributed by atoms with Gasteiger partial charge in [0.15, 0.2) is 23.0 Å². The average molecular weight is 352 g/mol. The number of phenolic OH excluding ortho intramolecular Hbond substituents is 2. The van der Waals surface area contributed by atoms with Crippen LogP contribution >= 0.6 is 0 Å². The number of hydrogen-bond donors (Lipinski definition) is 2. The van der Waals surface area contributed by atoms with Crippen molar-refractivity contribution in [2.45, 2.75) is 25.7 Å². The molecule has 2 N–H and O–H groups in total. The Kier molecular flexibility index (Phi) is 5.52. The first kappa shape index (κ1) is 17.9. The highest BCUT2D eigenvalue weighted by molar-refractivity contribution is 5.68. The highest BCUT2D eigenvalue weighted by Gasteiger charge is 2.13. The molecule has 136 valence electrons. The molecule has 0 bridgehead atoms. The van der Waals surface area contributed by atoms with E-state index in [2.05, 4.69) is 12.2 Å². The van der Waals surface area contributed by atoms with E-state index in [1.807, 2.05) is 24.3 Å². The molecule has 0 heterocycles. The molecule has 3 rings (SSSR count). The standard InChI is InChI=1S/C22H24O4/c1-25-21-13-15(7-9-19(21)23)11-17-5-3-4-6-18(17)12-16-8-10-20(24)22(14-16)26-2/h7-14,23-24H,3-6H2,1-2H3. The predicted octanol–water partition coefficient (Wildman–Crippen LogP) is 5.16. The van der Waals surface area contributed by atoms with Crippen LogP contribution < -0.4 is 9.47 Å². The molecule has 4 heteroatoms. The van der Waals surface area contributed by atoms with Gasteiger partial charge >= 0.3 is 0 Å². The fourth-order valence-corrected chi connectivity index (χ4v) is 3.25. The lowest BCUT2D eigenvalue weighted by atomic mass is 9.87. The van der Waals surface area contributed by atoms with Gasteiger partial charge in [-0.15, -0.1) is 0 Å². The van der Waals surface area contributed by atoms with E-state index in [9.17, 15) is 10.2 Å². The van der Waals surface area contributed by atoms with Crippen LogP contribution in [0, 0.1) is 0 Å². The lowest BCUT2D eigenvalue weighted by Gasteiger charge is -2.19. The largest absolute Gasteiger partial charge is 0.504 e. The number of ether oxygens (including phenoxy) is 2. The van der Waals surface area contributed by atoms with E-state index in [0.717, 1.165) is 36.8 Å². The van der Waals surface area contributed by atoms with Gasteiger partial charge in [-0.05, 0) is 72.2 Å². The summed E-state index contributed by atoms with van der Waals surface area (Å²) in [5.74, 6) is 1.24. The Morgan fingerprint density at radius 1 is 0.731 bits per heavy atom. The molecule has 1 aliphatic carbocycles. The molecule has 0 aliphatic heterocycles. The molecule has 0 spiro atoms. The normalized spacial score (nSPS) is 17.5. The maximum absolute atomic E-state index is 9.77. The van der Waals surface area contributed by atoms with Crippen LogP contribution in [0.3, 0.4) is 0 Å². The van der Waals surface area contributed by atoms with Gasteiger partial charge in [0.2, 0.25) is 0 Å². The molecule has 0 atom stereocenters. The molecule has 0 saturated heterocycles. The summed E-state index contributed by atoms with van der Waals surface area (Å²) >= 11 is 0. The first-order chi connectivity index (χ1) is 12.6. The van der Waals surface area contributed by atoms with E-state index in [1.54, 1.807) is 26.4 Å². The Morgan fingerprint density at radius 3 is 1.54 bits per heavy atom. The molecule has 0 radical (unpaired) electrons. The summed E-state index contributed by atoms with van der Waals surface area (Å²) in [5, 5.41) is 19.5. The minimum absolute atomic E-state index is 0.144. The fourth-order valence-electron chi connectivity index (χ4n) is 3.25. The Morgan fingerprint density at radius 2 is 1.15 bits per heavy atom. The number of rotatable bonds is 4. The Bertz CT molecular complexity index is 778. The first-order valence-corrected chi connectivity index (χ1v) is 8.76. The molecule has 1 aliphatic rings. The smallest absolute Gasteiger partial charge is 0.161 e. The van der Waals surface area contributed by atoms with Crippen LogP contribution in [0.1, 0.15) is 36.8 Å². The third kappa shape index (κ3) is 4.02. The monoisotopic (exact) mass is 352 g/mol. The van der Waals surface area contributed by atoms with Crippen LogP contribution in [0.5, 0.6) is 23.0 Å². The van der Waals surface area contributed by atoms with Gasteiger partial charge in [0.05, 0.1) is 14.2 Å². The highest BCUT2D eigenvalue weighted by Crippen LogP contribution is 2.35. The summed E-state index contributed by atoms with van der Waals surface area (Å²) in [6.07, 6.45) is 8.68. The topological polar surface area (TPSA) is 58.9 Å². The van der Waals surface area contributed by atoms with Gasteiger partial charge in [0.25, 0.3) is 0 Å². The second kappa shape index (κ2) is 8.00. The van der Waals surface area contributed by atoms with Crippen LogP contribution in [0.2, 0.25) is 0 Å². The Hall–Kier alpha value is -2.88. The highest BCUT2D eigenvalue weighted by atomic mass is 16.5. The van der Waals surface area contributed by atoms with Gasteiger partial charge in [-0.3, -0.25) is 0 Å². The van der Waals surface area contributed by atoms with E-state index in [4.69, 9.17) is 9.47 Å². The summed E-state index contributed by atoms with van der Waals surface area (Å²) < 4.78 is 10.4. The molecule has 0 aromatic heterocycles. The zero-order valence-corrected chi connectivity index (χ0v) is 15.2. The average Bonchev–Trinajstić information content (AvgIpc) is 2.66. The zero-order valence-electron chi connectivity index (χ0n) is 15.2. The molecule has 0 amide bonds. The molecular weight excluding hydrogens is 328 g/mol. The van der Waals surface area contributed by atoms with Crippen LogP contribution in [0.25, 0.3) is 12.2 Å². The van der Waals surface area contributed by atoms with E-state index in [-0.39, 0.29) is 11.5 Å². The predicted molar refractivity (Wildman–Crippen MR) is 104 cm³/mol. The Balaban J connectivity index is 1.95. The third-order valence-electron chi connectivity index (χ3n) is 4.64. The van der Waals surface area contributed by atoms with Gasteiger partial charge in [0.1, 0.15) is 0 Å². The van der Waals surface area contributed by atoms with Crippen molar-refractivity contribution in [3.05, 3.63) is 58.7 Å². The van der Waals surface area contributed by atoms with Crippen molar-refractivity contribution in [2.24, 2.45) is 0 Å². The summed E-state index contributed by atoms with van der Waals surface area (Å²) in [7, 11) is 3.10. The third-order valence-corrected chi connectivity index (χ3v) is 4.64. The maximum atomic E-state index is 9.77. The van der Waals surface area contributed by atoms with Crippen molar-refractivity contribution < 1.29 is 19.7 Å². The molecule has 2 aromatic rings. The quantitative estimate of drug-likeness (QED) is 0.798. The molecule has 1 saturated carbocycles. The van der Waals surface area contributed by atoms with Gasteiger partial charge < -0.3 is 19.7 Å². The minimum Gasteiger partial charge on any atom is -0.504 e. The van der Waals surface area contributed by atoms with Gasteiger partial charge in [0, 0.05) is 0 Å². The minimum atomic E-state index is 0.144. The molecular formula is C22H24O4. The maximum Gasteiger partial charge on any atom is 0.161 e. The first-order valence-electron chi connectivity index (χ1n) is 8.76. The van der Waals surface area contributed by atoms with Crippen LogP contribution in [-0.4, -0.2) is 24.4 Å². The lowest BCUT2D eigenvalue weighted by Crippen LogP contribution is -1.99. The molecule has 2 aromatic carbocycles. The summed E-state index contributed by atoms with van der Waals surface area (Å²) in [6, 6.07) is 10.8. The van der Waals surface area contributed by atoms with Crippen molar-refractivity contribution >= 4 is 12.2 Å². The Labute approximate surface area is 154 Å². The number of phenols is 2. The number of aromatic hydroxyl groups is 2. The number of hydrogen-bond acceptors (Lipinski definition) is 4. The zero-order chi connectivity index (χ0) is 18.5. The van der Waals surface area contributed by atoms with Crippen molar-refractivity contribution in [2.75, 3.05) is 14.2 Å². The molecule has 0 unspecified atom stereocenters. The van der Waals surface area contributed by atoms with Gasteiger partial charge in [-0.2, -0.15) is 0 Å². The summed E-state index contributed by atoms with van der Waals surface area (Å²) in [5.41, 5.74) is 4.59. The summed E-state index contributed by atoms with van der Waals surface area (Å²) in [4.78, 5) is 0. The lowest BCUT2D eigenvalue weighted by molar-refractivity contribution is 0.373. The SMILES string of the molecule is COc1cc(C=C2CCCCC2=Cc2ccc(O)c(OC)c2)ccc1O. The summed E-state index contributed by atoms with van der Waals surface area (Å²) in [6.45, 7) is 0. The molecule has 4 nitrogen and oxygen atoms in total. The van der Waals surface area contributed by atoms with Crippen molar-refractivity contribution in [1.29, 1.82) is 0 Å². The van der Waals surface area contributed by atoms with Crippen molar-refractivity contribution in [1.82, 2.24) is 0 Å². The van der Waals surface area contributed by atoms with Crippen molar-refractivity contribution in [3.63, 3.8) is 0 Å². The number of allylic oxidation sites excluding steroid dienone is 2. The molecule has 1 fully saturated rings. The van der Waals surface area contributed by atoms with Gasteiger partial charge in [-0.1, -0.05) is 24.3 Å². The van der Waals surface area contributed by atoms with Crippen LogP contribution in [-0.2, 0) is 0 Å². The second-order valence-electron chi connectivity index (χ2n) is 6.41. The van der Waals surface area contributed by atoms with E-state index in [1.165, 1.54) is 11.1 Å². The van der Waals surface area contributed by atoms with Crippen LogP contribution in [0.4, 0.5) is 0 Å². The van der Waals surface area contributed by atoms with E-state index >= 15 is 0 Å². The number of methoxy groups -OCH3 is 2. The van der Waals surface area contributed by atoms with Crippen LogP contribution in [0.15, 0.2) is 47.5 Å².